The van der Waals surface area contributed by atoms with Crippen LogP contribution in [0.2, 0.25) is 0 Å². The van der Waals surface area contributed by atoms with Crippen LogP contribution < -0.4 is 0 Å². The fourth-order valence-corrected chi connectivity index (χ4v) is 22.8. The average molecular weight is 1710 g/mol. The topological polar surface area (TPSA) is 0 Å². The third-order valence-electron chi connectivity index (χ3n) is 24.8. The van der Waals surface area contributed by atoms with Crippen molar-refractivity contribution >= 4 is 159 Å². The van der Waals surface area contributed by atoms with Crippen LogP contribution >= 0.6 is 34.0 Å². The summed E-state index contributed by atoms with van der Waals surface area (Å²) < 4.78 is 164. The number of fused-ring (bicyclic) bond motifs is 15. The second-order valence-electron chi connectivity index (χ2n) is 32.0. The van der Waals surface area contributed by atoms with Gasteiger partial charge in [0.05, 0.1) is 24.7 Å². The predicted octanol–water partition coefficient (Wildman–Crippen LogP) is 37.4. The molecule has 0 aliphatic rings. The molecular weight excluding hydrogens is 1610 g/mol. The van der Waals surface area contributed by atoms with E-state index in [1.54, 1.807) is 35.6 Å². The molecule has 26 rings (SSSR count). The Morgan fingerprint density at radius 2 is 0.380 bits per heavy atom. The van der Waals surface area contributed by atoms with Crippen molar-refractivity contribution in [3.05, 3.63) is 485 Å². The fourth-order valence-electron chi connectivity index (χ4n) is 19.4. The molecule has 602 valence electrons. The van der Waals surface area contributed by atoms with Gasteiger partial charge in [-0.2, -0.15) is 0 Å². The van der Waals surface area contributed by atoms with Crippen LogP contribution in [0.3, 0.4) is 0 Å². The number of rotatable bonds is 11. The summed E-state index contributed by atoms with van der Waals surface area (Å²) in [6.07, 6.45) is 0. The van der Waals surface area contributed by atoms with Crippen LogP contribution in [0.15, 0.2) is 485 Å². The molecule has 0 N–H and O–H groups in total. The summed E-state index contributed by atoms with van der Waals surface area (Å²) >= 11 is 5.37. The van der Waals surface area contributed by atoms with Gasteiger partial charge in [-0.3, -0.25) is 0 Å². The molecule has 0 saturated carbocycles. The first-order valence-corrected chi connectivity index (χ1v) is 45.2. The molecule has 3 aromatic heterocycles. The van der Waals surface area contributed by atoms with Crippen LogP contribution in [0.4, 0.5) is 0 Å². The summed E-state index contributed by atoms with van der Waals surface area (Å²) in [5.41, 5.74) is 18.9. The Hall–Kier alpha value is -15.7. The quantitative estimate of drug-likeness (QED) is 0.113. The maximum atomic E-state index is 9.24. The Kier molecular flexibility index (Phi) is 15.3. The molecule has 0 saturated heterocycles. The zero-order chi connectivity index (χ0) is 101. The Morgan fingerprint density at radius 1 is 0.132 bits per heavy atom. The van der Waals surface area contributed by atoms with Crippen molar-refractivity contribution in [2.24, 2.45) is 0 Å². The Bertz CT molecular complexity index is 9780. The number of thiophene rings is 3. The highest BCUT2D eigenvalue weighted by Gasteiger charge is 2.25. The number of benzene rings is 23. The lowest BCUT2D eigenvalue weighted by Gasteiger charge is -2.19. The second-order valence-corrected chi connectivity index (χ2v) is 35.2. The molecule has 0 spiro atoms. The first kappa shape index (κ1) is 60.0. The molecule has 0 fully saturated rings. The van der Waals surface area contributed by atoms with Crippen molar-refractivity contribution in [3.63, 3.8) is 0 Å². The van der Waals surface area contributed by atoms with Crippen molar-refractivity contribution in [2.45, 2.75) is 0 Å². The van der Waals surface area contributed by atoms with Crippen LogP contribution in [0.25, 0.3) is 248 Å². The first-order valence-electron chi connectivity index (χ1n) is 51.8. The molecule has 26 aromatic rings. The van der Waals surface area contributed by atoms with Crippen molar-refractivity contribution in [1.82, 2.24) is 0 Å². The molecule has 0 amide bonds. The van der Waals surface area contributed by atoms with Crippen LogP contribution in [0.1, 0.15) is 24.7 Å². The van der Waals surface area contributed by atoms with E-state index in [0.29, 0.717) is 33.4 Å². The highest BCUT2D eigenvalue weighted by molar-refractivity contribution is 7.26. The summed E-state index contributed by atoms with van der Waals surface area (Å²) in [6, 6.07) is 122. The molecule has 0 unspecified atom stereocenters. The van der Waals surface area contributed by atoms with E-state index < -0.39 is 30.2 Å². The Balaban J connectivity index is 0.000000118. The molecule has 3 heteroatoms. The Labute approximate surface area is 786 Å². The minimum atomic E-state index is -0.414. The SMILES string of the molecule is [2H]c1c([2H])c([2H])c(-c2c3ccccc3c(-c3cccc(-c4c(-c5ccccc5)ccc5sc6ccccc6c45)c3)c3ccccc23)c([2H])c1[2H].[2H]c1c([2H])c([2H])c(-c2c3ccccc3c(-c3cccc(-c4cccc5sc6ccccc6c45)c3)c3ccccc23)c([2H])c1[2H].[2H]c1c([2H])c([2H])c2c(-c3ccc(-c4c(-c5ccccc5)ccc5sc6ccccc6c45)cc3)c3c([2H])c([2H])c([2H])c([2H])c3c(-c3ccccc3)c2c1[2H]. The van der Waals surface area contributed by atoms with Gasteiger partial charge in [0, 0.05) is 60.5 Å². The van der Waals surface area contributed by atoms with Crippen molar-refractivity contribution in [2.75, 3.05) is 0 Å². The maximum Gasteiger partial charge on any atom is 0.0629 e. The summed E-state index contributed by atoms with van der Waals surface area (Å²) in [6.45, 7) is 0. The van der Waals surface area contributed by atoms with Crippen molar-refractivity contribution in [3.8, 4) is 122 Å². The van der Waals surface area contributed by atoms with Gasteiger partial charge < -0.3 is 0 Å². The minimum Gasteiger partial charge on any atom is -0.135 e. The summed E-state index contributed by atoms with van der Waals surface area (Å²) in [5.74, 6) is 0. The molecule has 0 radical (unpaired) electrons. The van der Waals surface area contributed by atoms with Gasteiger partial charge >= 0.3 is 0 Å². The highest BCUT2D eigenvalue weighted by atomic mass is 32.1. The van der Waals surface area contributed by atoms with E-state index >= 15 is 0 Å². The monoisotopic (exact) mass is 1710 g/mol. The zero-order valence-corrected chi connectivity index (χ0v) is 71.5. The number of hydrogen-bond acceptors (Lipinski definition) is 3. The van der Waals surface area contributed by atoms with Gasteiger partial charge in [-0.15, -0.1) is 34.0 Å². The highest BCUT2D eigenvalue weighted by Crippen LogP contribution is 2.53. The van der Waals surface area contributed by atoms with Gasteiger partial charge in [0.15, 0.2) is 0 Å². The van der Waals surface area contributed by atoms with Gasteiger partial charge in [0.2, 0.25) is 0 Å². The molecule has 0 bridgehead atoms. The fraction of sp³-hybridized carbons (Fsp3) is 0. The van der Waals surface area contributed by atoms with E-state index in [0.717, 1.165) is 120 Å². The molecule has 23 aromatic carbocycles. The van der Waals surface area contributed by atoms with Gasteiger partial charge in [-0.1, -0.05) is 436 Å². The van der Waals surface area contributed by atoms with Crippen molar-refractivity contribution < 1.29 is 24.7 Å². The van der Waals surface area contributed by atoms with E-state index in [9.17, 15) is 2.74 Å². The van der Waals surface area contributed by atoms with Gasteiger partial charge in [-0.05, 0) is 236 Å². The van der Waals surface area contributed by atoms with Crippen LogP contribution in [0.5, 0.6) is 0 Å². The zero-order valence-electron chi connectivity index (χ0n) is 87.0. The van der Waals surface area contributed by atoms with Crippen LogP contribution in [0, 0.1) is 0 Å². The standard InChI is InChI=1S/2C44H28S.C38H24S/c1-3-14-29(15-4-1)33-26-27-40-44(38-24-11-12-25-39(38)45-40)43(33)32-19-13-18-31(28-32)42-36-22-9-7-20-34(36)41(30-16-5-2-6-17-30)35-21-8-10-23-37(35)42;1-3-13-29(14-4-1)33-27-28-40-44(38-21-11-12-22-39(38)45-40)43(33)32-25-23-31(24-26-32)42-36-19-9-7-17-34(36)41(30-15-5-2-6-16-30)35-18-8-10-20-37(35)42;1-2-12-25(13-3-1)36-29-16-4-6-18-31(29)37(32-19-7-5-17-30(32)36)27-15-10-14-26(24-27)28-21-11-23-35-38(28)33-20-8-9-22-34(33)39-35/h2*1-28H;1-24H/i2D,5D,6D,16D,17D;7D,8D,9D,10D,17D,18D,19D,20D;1D,2D,3D,12D,13D. The van der Waals surface area contributed by atoms with Gasteiger partial charge in [0.1, 0.15) is 0 Å². The molecule has 0 nitrogen and oxygen atoms in total. The summed E-state index contributed by atoms with van der Waals surface area (Å²) in [4.78, 5) is 0. The first-order chi connectivity index (χ1) is 71.5. The van der Waals surface area contributed by atoms with E-state index in [4.69, 9.17) is 21.9 Å². The lowest BCUT2D eigenvalue weighted by Crippen LogP contribution is -1.92. The largest absolute Gasteiger partial charge is 0.135 e. The van der Waals surface area contributed by atoms with E-state index in [2.05, 4.69) is 218 Å². The average Bonchev–Trinajstić information content (AvgIpc) is 1.28. The van der Waals surface area contributed by atoms with Crippen LogP contribution in [-0.2, 0) is 0 Å². The Morgan fingerprint density at radius 3 is 0.767 bits per heavy atom. The lowest BCUT2D eigenvalue weighted by molar-refractivity contribution is 1.61. The van der Waals surface area contributed by atoms with E-state index in [-0.39, 0.29) is 111 Å². The third kappa shape index (κ3) is 13.6. The minimum absolute atomic E-state index is 0.197. The molecule has 129 heavy (non-hydrogen) atoms. The molecule has 0 aliphatic heterocycles. The third-order valence-corrected chi connectivity index (χ3v) is 28.2. The van der Waals surface area contributed by atoms with E-state index in [1.807, 2.05) is 156 Å². The van der Waals surface area contributed by atoms with Crippen LogP contribution in [-0.4, -0.2) is 0 Å². The lowest BCUT2D eigenvalue weighted by atomic mass is 9.84. The van der Waals surface area contributed by atoms with Gasteiger partial charge in [-0.25, -0.2) is 0 Å². The normalized spacial score (nSPS) is 13.5. The summed E-state index contributed by atoms with van der Waals surface area (Å²) in [7, 11) is 0. The van der Waals surface area contributed by atoms with Crippen molar-refractivity contribution in [1.29, 1.82) is 0 Å². The molecule has 0 atom stereocenters. The molecular formula is C126H80S3. The smallest absolute Gasteiger partial charge is 0.0629 e. The van der Waals surface area contributed by atoms with E-state index in [1.165, 1.54) is 61.7 Å². The molecule has 3 heterocycles. The number of hydrogen-bond donors (Lipinski definition) is 0. The second kappa shape index (κ2) is 33.0. The maximum absolute atomic E-state index is 9.24. The molecule has 0 aliphatic carbocycles. The van der Waals surface area contributed by atoms with Gasteiger partial charge in [0.25, 0.3) is 0 Å². The summed E-state index contributed by atoms with van der Waals surface area (Å²) in [5, 5.41) is 15.3. The predicted molar refractivity (Wildman–Crippen MR) is 563 cm³/mol.